The molecule has 0 saturated carbocycles. The number of methoxy groups -OCH3 is 1. The first-order valence-corrected chi connectivity index (χ1v) is 10.8. The van der Waals surface area contributed by atoms with Gasteiger partial charge in [-0.1, -0.05) is 0 Å². The minimum absolute atomic E-state index is 0.0675. The lowest BCUT2D eigenvalue weighted by Gasteiger charge is -2.31. The van der Waals surface area contributed by atoms with Crippen molar-refractivity contribution in [2.75, 3.05) is 20.2 Å². The molecule has 9 nitrogen and oxygen atoms in total. The molecular formula is C23H27N5O4. The number of Topliss-reactive ketones (excluding diaryl/α,β-unsaturated/α-hetero) is 1. The molecule has 3 aromatic heterocycles. The molecule has 0 atom stereocenters. The molecule has 0 radical (unpaired) electrons. The summed E-state index contributed by atoms with van der Waals surface area (Å²) in [7, 11) is 1.54. The molecule has 4 heterocycles. The van der Waals surface area contributed by atoms with Crippen LogP contribution in [0.4, 0.5) is 0 Å². The van der Waals surface area contributed by atoms with E-state index in [2.05, 4.69) is 15.1 Å². The fourth-order valence-corrected chi connectivity index (χ4v) is 4.14. The van der Waals surface area contributed by atoms with Crippen molar-refractivity contribution < 1.29 is 14.3 Å². The van der Waals surface area contributed by atoms with Gasteiger partial charge in [-0.3, -0.25) is 14.4 Å². The summed E-state index contributed by atoms with van der Waals surface area (Å²) in [6.07, 6.45) is 6.16. The van der Waals surface area contributed by atoms with Crippen LogP contribution in [0.2, 0.25) is 0 Å². The molecule has 3 aromatic rings. The Morgan fingerprint density at radius 1 is 1.25 bits per heavy atom. The van der Waals surface area contributed by atoms with Gasteiger partial charge in [0, 0.05) is 55.9 Å². The second-order valence-corrected chi connectivity index (χ2v) is 8.21. The molecule has 0 spiro atoms. The highest BCUT2D eigenvalue weighted by Crippen LogP contribution is 2.23. The normalized spacial score (nSPS) is 14.6. The van der Waals surface area contributed by atoms with Crippen LogP contribution in [0.1, 0.15) is 47.4 Å². The van der Waals surface area contributed by atoms with Gasteiger partial charge in [0.15, 0.2) is 5.78 Å². The van der Waals surface area contributed by atoms with E-state index in [0.29, 0.717) is 68.0 Å². The standard InChI is InChI=1S/C23H27N5O4/c1-15-12-18-23(31)25-19(26-28(18)14-15)4-3-5-21(29)27-10-8-16(9-11-27)22(30)17-6-7-20(32-2)24-13-17/h6-7,12-14,16H,3-5,8-11H2,1-2H3,(H,25,26,31). The lowest BCUT2D eigenvalue weighted by atomic mass is 9.89. The van der Waals surface area contributed by atoms with E-state index in [1.165, 1.54) is 7.11 Å². The zero-order valence-electron chi connectivity index (χ0n) is 18.3. The SMILES string of the molecule is COc1ccc(C(=O)C2CCN(C(=O)CCCc3nn4cc(C)cc4c(=O)[nH]3)CC2)cn1. The number of aryl methyl sites for hydroxylation is 2. The highest BCUT2D eigenvalue weighted by molar-refractivity contribution is 5.97. The van der Waals surface area contributed by atoms with Crippen molar-refractivity contribution >= 4 is 17.2 Å². The van der Waals surface area contributed by atoms with Gasteiger partial charge in [-0.05, 0) is 43.9 Å². The van der Waals surface area contributed by atoms with Crippen molar-refractivity contribution in [3.05, 3.63) is 57.9 Å². The van der Waals surface area contributed by atoms with E-state index in [1.54, 1.807) is 28.9 Å². The monoisotopic (exact) mass is 437 g/mol. The van der Waals surface area contributed by atoms with Crippen LogP contribution < -0.4 is 10.3 Å². The van der Waals surface area contributed by atoms with Crippen molar-refractivity contribution in [2.45, 2.75) is 39.0 Å². The maximum atomic E-state index is 12.7. The first-order valence-electron chi connectivity index (χ1n) is 10.8. The van der Waals surface area contributed by atoms with Crippen LogP contribution in [0.5, 0.6) is 5.88 Å². The highest BCUT2D eigenvalue weighted by atomic mass is 16.5. The topological polar surface area (TPSA) is 110 Å². The number of nitrogens with one attached hydrogen (secondary N) is 1. The Labute approximate surface area is 185 Å². The van der Waals surface area contributed by atoms with Crippen LogP contribution in [0, 0.1) is 12.8 Å². The minimum Gasteiger partial charge on any atom is -0.481 e. The third kappa shape index (κ3) is 4.71. The number of fused-ring (bicyclic) bond motifs is 1. The Hall–Kier alpha value is -3.49. The van der Waals surface area contributed by atoms with Crippen LogP contribution in [-0.2, 0) is 11.2 Å². The van der Waals surface area contributed by atoms with Gasteiger partial charge < -0.3 is 14.6 Å². The van der Waals surface area contributed by atoms with Crippen LogP contribution in [0.15, 0.2) is 35.4 Å². The Morgan fingerprint density at radius 3 is 2.72 bits per heavy atom. The molecule has 1 aliphatic heterocycles. The molecule has 168 valence electrons. The summed E-state index contributed by atoms with van der Waals surface area (Å²) in [5.41, 5.74) is 1.89. The highest BCUT2D eigenvalue weighted by Gasteiger charge is 2.28. The molecule has 0 aliphatic carbocycles. The molecule has 4 rings (SSSR count). The van der Waals surface area contributed by atoms with E-state index < -0.39 is 0 Å². The van der Waals surface area contributed by atoms with Gasteiger partial charge in [0.25, 0.3) is 5.56 Å². The van der Waals surface area contributed by atoms with Gasteiger partial charge in [-0.15, -0.1) is 0 Å². The van der Waals surface area contributed by atoms with E-state index in [4.69, 9.17) is 4.74 Å². The van der Waals surface area contributed by atoms with Crippen molar-refractivity contribution in [1.29, 1.82) is 0 Å². The fourth-order valence-electron chi connectivity index (χ4n) is 4.14. The number of ether oxygens (including phenoxy) is 1. The van der Waals surface area contributed by atoms with Crippen molar-refractivity contribution in [3.8, 4) is 5.88 Å². The van der Waals surface area contributed by atoms with Crippen molar-refractivity contribution in [3.63, 3.8) is 0 Å². The Balaban J connectivity index is 1.25. The zero-order valence-corrected chi connectivity index (χ0v) is 18.3. The van der Waals surface area contributed by atoms with Crippen molar-refractivity contribution in [2.24, 2.45) is 5.92 Å². The van der Waals surface area contributed by atoms with Crippen molar-refractivity contribution in [1.82, 2.24) is 24.5 Å². The Kier molecular flexibility index (Phi) is 6.34. The average molecular weight is 438 g/mol. The van der Waals surface area contributed by atoms with Gasteiger partial charge in [-0.2, -0.15) is 5.10 Å². The number of aromatic amines is 1. The van der Waals surface area contributed by atoms with Crippen LogP contribution in [0.25, 0.3) is 5.52 Å². The summed E-state index contributed by atoms with van der Waals surface area (Å²) >= 11 is 0. The third-order valence-electron chi connectivity index (χ3n) is 5.91. The summed E-state index contributed by atoms with van der Waals surface area (Å²) < 4.78 is 6.62. The number of hydrogen-bond donors (Lipinski definition) is 1. The molecule has 1 saturated heterocycles. The van der Waals surface area contributed by atoms with Gasteiger partial charge in [-0.25, -0.2) is 9.50 Å². The van der Waals surface area contributed by atoms with E-state index in [9.17, 15) is 14.4 Å². The number of piperidine rings is 1. The Bertz CT molecular complexity index is 1170. The summed E-state index contributed by atoms with van der Waals surface area (Å²) in [5, 5.41) is 4.42. The predicted molar refractivity (Wildman–Crippen MR) is 118 cm³/mol. The summed E-state index contributed by atoms with van der Waals surface area (Å²) in [6.45, 7) is 3.06. The number of nitrogens with zero attached hydrogens (tertiary/aromatic N) is 4. The number of ketones is 1. The fraction of sp³-hybridized carbons (Fsp3) is 0.435. The molecule has 0 unspecified atom stereocenters. The lowest BCUT2D eigenvalue weighted by Crippen LogP contribution is -2.40. The summed E-state index contributed by atoms with van der Waals surface area (Å²) in [4.78, 5) is 46.2. The number of amides is 1. The van der Waals surface area contributed by atoms with Crippen LogP contribution in [-0.4, -0.2) is 56.4 Å². The van der Waals surface area contributed by atoms with Crippen LogP contribution >= 0.6 is 0 Å². The van der Waals surface area contributed by atoms with E-state index in [-0.39, 0.29) is 23.2 Å². The van der Waals surface area contributed by atoms with Gasteiger partial charge in [0.1, 0.15) is 11.3 Å². The molecule has 1 fully saturated rings. The molecule has 1 amide bonds. The second kappa shape index (κ2) is 9.33. The molecule has 32 heavy (non-hydrogen) atoms. The van der Waals surface area contributed by atoms with E-state index in [0.717, 1.165) is 5.56 Å². The number of carbonyl (C=O) groups is 2. The van der Waals surface area contributed by atoms with Gasteiger partial charge >= 0.3 is 0 Å². The zero-order chi connectivity index (χ0) is 22.7. The number of hydrogen-bond acceptors (Lipinski definition) is 6. The average Bonchev–Trinajstić information content (AvgIpc) is 3.19. The quantitative estimate of drug-likeness (QED) is 0.568. The molecular weight excluding hydrogens is 410 g/mol. The molecule has 0 aromatic carbocycles. The lowest BCUT2D eigenvalue weighted by molar-refractivity contribution is -0.132. The largest absolute Gasteiger partial charge is 0.481 e. The number of rotatable bonds is 7. The number of carbonyl (C=O) groups excluding carboxylic acids is 2. The first kappa shape index (κ1) is 21.7. The second-order valence-electron chi connectivity index (χ2n) is 8.21. The third-order valence-corrected chi connectivity index (χ3v) is 5.91. The molecule has 1 aliphatic rings. The van der Waals surface area contributed by atoms with Gasteiger partial charge in [0.2, 0.25) is 11.8 Å². The molecule has 1 N–H and O–H groups in total. The minimum atomic E-state index is -0.173. The number of aromatic nitrogens is 4. The molecule has 0 bridgehead atoms. The Morgan fingerprint density at radius 2 is 2.03 bits per heavy atom. The van der Waals surface area contributed by atoms with Gasteiger partial charge in [0.05, 0.1) is 7.11 Å². The molecule has 9 heteroatoms. The summed E-state index contributed by atoms with van der Waals surface area (Å²) in [5.74, 6) is 1.09. The van der Waals surface area contributed by atoms with Crippen LogP contribution in [0.3, 0.4) is 0 Å². The number of H-pyrrole nitrogens is 1. The first-order chi connectivity index (χ1) is 15.4. The number of likely N-dealkylation sites (tertiary alicyclic amines) is 1. The number of pyridine rings is 1. The predicted octanol–water partition coefficient (Wildman–Crippen LogP) is 2.18. The summed E-state index contributed by atoms with van der Waals surface area (Å²) in [6, 6.07) is 5.21. The maximum Gasteiger partial charge on any atom is 0.275 e. The maximum absolute atomic E-state index is 12.7. The van der Waals surface area contributed by atoms with E-state index in [1.807, 2.05) is 18.0 Å². The van der Waals surface area contributed by atoms with E-state index >= 15 is 0 Å². The smallest absolute Gasteiger partial charge is 0.275 e.